The van der Waals surface area contributed by atoms with Gasteiger partial charge in [0, 0.05) is 4.88 Å². The standard InChI is InChI=1S/C15H14Cl2N2S/c1-9(16)15-18-11-5-3-4-6-12(11)19(15)10(2)13-7-8-14(17)20-13/h3-10H,1-2H3. The summed E-state index contributed by atoms with van der Waals surface area (Å²) in [6.45, 7) is 4.10. The first-order chi connectivity index (χ1) is 9.58. The molecule has 2 aromatic heterocycles. The molecule has 0 aliphatic heterocycles. The fourth-order valence-corrected chi connectivity index (χ4v) is 3.69. The number of fused-ring (bicyclic) bond motifs is 1. The number of aromatic nitrogens is 2. The minimum Gasteiger partial charge on any atom is -0.319 e. The molecule has 0 aliphatic carbocycles. The molecule has 0 N–H and O–H groups in total. The predicted molar refractivity (Wildman–Crippen MR) is 87.1 cm³/mol. The van der Waals surface area contributed by atoms with Gasteiger partial charge in [-0.3, -0.25) is 0 Å². The lowest BCUT2D eigenvalue weighted by Crippen LogP contribution is -2.10. The molecule has 0 spiro atoms. The van der Waals surface area contributed by atoms with Crippen LogP contribution in [0.3, 0.4) is 0 Å². The van der Waals surface area contributed by atoms with Gasteiger partial charge in [-0.1, -0.05) is 23.7 Å². The summed E-state index contributed by atoms with van der Waals surface area (Å²) in [7, 11) is 0. The Morgan fingerprint density at radius 1 is 1.15 bits per heavy atom. The van der Waals surface area contributed by atoms with E-state index in [2.05, 4.69) is 28.6 Å². The molecule has 20 heavy (non-hydrogen) atoms. The Balaban J connectivity index is 2.20. The van der Waals surface area contributed by atoms with Gasteiger partial charge in [-0.05, 0) is 38.1 Å². The molecule has 3 aromatic rings. The number of benzene rings is 1. The van der Waals surface area contributed by atoms with E-state index < -0.39 is 0 Å². The van der Waals surface area contributed by atoms with Gasteiger partial charge in [0.1, 0.15) is 5.82 Å². The van der Waals surface area contributed by atoms with E-state index in [-0.39, 0.29) is 11.4 Å². The highest BCUT2D eigenvalue weighted by Gasteiger charge is 2.20. The number of alkyl halides is 1. The molecule has 0 bridgehead atoms. The van der Waals surface area contributed by atoms with Crippen LogP contribution in [0.4, 0.5) is 0 Å². The van der Waals surface area contributed by atoms with Gasteiger partial charge in [-0.2, -0.15) is 0 Å². The summed E-state index contributed by atoms with van der Waals surface area (Å²) in [5.74, 6) is 0.893. The topological polar surface area (TPSA) is 17.8 Å². The van der Waals surface area contributed by atoms with Crippen LogP contribution in [0.2, 0.25) is 4.34 Å². The summed E-state index contributed by atoms with van der Waals surface area (Å²) < 4.78 is 3.01. The molecule has 2 heterocycles. The second-order valence-corrected chi connectivity index (χ2v) is 7.16. The summed E-state index contributed by atoms with van der Waals surface area (Å²) in [4.78, 5) is 5.87. The number of rotatable bonds is 3. The fourth-order valence-electron chi connectivity index (χ4n) is 2.43. The van der Waals surface area contributed by atoms with E-state index in [1.807, 2.05) is 31.2 Å². The van der Waals surface area contributed by atoms with E-state index in [0.29, 0.717) is 0 Å². The lowest BCUT2D eigenvalue weighted by molar-refractivity contribution is 0.628. The summed E-state index contributed by atoms with van der Waals surface area (Å²) in [5, 5.41) is -0.139. The predicted octanol–water partition coefficient (Wildman–Crippen LogP) is 5.66. The van der Waals surface area contributed by atoms with Crippen LogP contribution in [0, 0.1) is 0 Å². The molecule has 0 amide bonds. The Morgan fingerprint density at radius 2 is 1.90 bits per heavy atom. The van der Waals surface area contributed by atoms with Crippen LogP contribution < -0.4 is 0 Å². The van der Waals surface area contributed by atoms with Crippen molar-refractivity contribution in [3.63, 3.8) is 0 Å². The van der Waals surface area contributed by atoms with Crippen LogP contribution in [0.5, 0.6) is 0 Å². The van der Waals surface area contributed by atoms with Crippen LogP contribution in [0.1, 0.15) is 36.0 Å². The maximum absolute atomic E-state index is 6.31. The van der Waals surface area contributed by atoms with Crippen molar-refractivity contribution in [2.24, 2.45) is 0 Å². The van der Waals surface area contributed by atoms with Crippen LogP contribution in [-0.4, -0.2) is 9.55 Å². The Bertz CT molecular complexity index is 745. The number of imidazole rings is 1. The first-order valence-corrected chi connectivity index (χ1v) is 8.07. The molecule has 2 unspecified atom stereocenters. The monoisotopic (exact) mass is 324 g/mol. The van der Waals surface area contributed by atoms with Crippen LogP contribution in [0.25, 0.3) is 11.0 Å². The average molecular weight is 325 g/mol. The molecule has 3 rings (SSSR count). The molecule has 0 aliphatic rings. The second-order valence-electron chi connectivity index (χ2n) is 4.76. The van der Waals surface area contributed by atoms with Crippen molar-refractivity contribution >= 4 is 45.6 Å². The van der Waals surface area contributed by atoms with Crippen molar-refractivity contribution in [3.8, 4) is 0 Å². The fraction of sp³-hybridized carbons (Fsp3) is 0.267. The van der Waals surface area contributed by atoms with E-state index in [9.17, 15) is 0 Å². The van der Waals surface area contributed by atoms with Gasteiger partial charge >= 0.3 is 0 Å². The molecule has 0 saturated carbocycles. The molecule has 0 saturated heterocycles. The third-order valence-corrected chi connectivity index (χ3v) is 4.97. The van der Waals surface area contributed by atoms with E-state index in [4.69, 9.17) is 23.2 Å². The first-order valence-electron chi connectivity index (χ1n) is 6.44. The van der Waals surface area contributed by atoms with E-state index in [1.54, 1.807) is 11.3 Å². The molecular formula is C15H14Cl2N2S. The molecule has 0 radical (unpaired) electrons. The summed E-state index contributed by atoms with van der Waals surface area (Å²) >= 11 is 14.0. The number of para-hydroxylation sites is 2. The normalized spacial score (nSPS) is 14.6. The van der Waals surface area contributed by atoms with Gasteiger partial charge < -0.3 is 4.57 Å². The Morgan fingerprint density at radius 3 is 2.55 bits per heavy atom. The Labute approximate surface area is 132 Å². The highest BCUT2D eigenvalue weighted by Crippen LogP contribution is 2.34. The van der Waals surface area contributed by atoms with E-state index >= 15 is 0 Å². The molecule has 2 nitrogen and oxygen atoms in total. The highest BCUT2D eigenvalue weighted by molar-refractivity contribution is 7.16. The van der Waals surface area contributed by atoms with Crippen LogP contribution >= 0.6 is 34.5 Å². The molecule has 104 valence electrons. The minimum absolute atomic E-state index is 0.139. The summed E-state index contributed by atoms with van der Waals surface area (Å²) in [6, 6.07) is 12.3. The third-order valence-electron chi connectivity index (χ3n) is 3.37. The minimum atomic E-state index is -0.139. The molecule has 0 fully saturated rings. The largest absolute Gasteiger partial charge is 0.319 e. The highest BCUT2D eigenvalue weighted by atomic mass is 35.5. The van der Waals surface area contributed by atoms with Crippen molar-refractivity contribution < 1.29 is 0 Å². The first kappa shape index (κ1) is 13.9. The van der Waals surface area contributed by atoms with Crippen molar-refractivity contribution in [2.75, 3.05) is 0 Å². The van der Waals surface area contributed by atoms with Crippen molar-refractivity contribution in [1.82, 2.24) is 9.55 Å². The SMILES string of the molecule is CC(Cl)c1nc2ccccc2n1C(C)c1ccc(Cl)s1. The molecule has 2 atom stereocenters. The van der Waals surface area contributed by atoms with Crippen LogP contribution in [0.15, 0.2) is 36.4 Å². The molecular weight excluding hydrogens is 311 g/mol. The van der Waals surface area contributed by atoms with Gasteiger partial charge in [0.05, 0.1) is 26.8 Å². The number of nitrogens with zero attached hydrogens (tertiary/aromatic N) is 2. The summed E-state index contributed by atoms with van der Waals surface area (Å²) in [5.41, 5.74) is 2.08. The Hall–Kier alpha value is -1.03. The zero-order valence-electron chi connectivity index (χ0n) is 11.2. The third kappa shape index (κ3) is 2.34. The van der Waals surface area contributed by atoms with E-state index in [0.717, 1.165) is 21.2 Å². The maximum atomic E-state index is 6.31. The lowest BCUT2D eigenvalue weighted by atomic mass is 10.2. The van der Waals surface area contributed by atoms with Gasteiger partial charge in [-0.25, -0.2) is 4.98 Å². The lowest BCUT2D eigenvalue weighted by Gasteiger charge is -2.17. The molecule has 1 aromatic carbocycles. The summed E-state index contributed by atoms with van der Waals surface area (Å²) in [6.07, 6.45) is 0. The maximum Gasteiger partial charge on any atom is 0.128 e. The number of halogens is 2. The van der Waals surface area contributed by atoms with Gasteiger partial charge in [0.15, 0.2) is 0 Å². The van der Waals surface area contributed by atoms with Gasteiger partial charge in [0.25, 0.3) is 0 Å². The number of hydrogen-bond acceptors (Lipinski definition) is 2. The Kier molecular flexibility index (Phi) is 3.76. The number of hydrogen-bond donors (Lipinski definition) is 0. The number of thiophene rings is 1. The van der Waals surface area contributed by atoms with Gasteiger partial charge in [0.2, 0.25) is 0 Å². The molecule has 5 heteroatoms. The van der Waals surface area contributed by atoms with Crippen molar-refractivity contribution in [2.45, 2.75) is 25.3 Å². The quantitative estimate of drug-likeness (QED) is 0.568. The van der Waals surface area contributed by atoms with Crippen molar-refractivity contribution in [3.05, 3.63) is 51.4 Å². The van der Waals surface area contributed by atoms with Crippen molar-refractivity contribution in [1.29, 1.82) is 0 Å². The zero-order chi connectivity index (χ0) is 14.3. The zero-order valence-corrected chi connectivity index (χ0v) is 13.5. The average Bonchev–Trinajstić information content (AvgIpc) is 3.01. The van der Waals surface area contributed by atoms with E-state index in [1.165, 1.54) is 4.88 Å². The van der Waals surface area contributed by atoms with Gasteiger partial charge in [-0.15, -0.1) is 22.9 Å². The second kappa shape index (κ2) is 5.40. The van der Waals surface area contributed by atoms with Crippen LogP contribution in [-0.2, 0) is 0 Å². The smallest absolute Gasteiger partial charge is 0.128 e.